The van der Waals surface area contributed by atoms with Crippen molar-refractivity contribution in [1.29, 1.82) is 0 Å². The average molecular weight is 706 g/mol. The molecule has 0 saturated heterocycles. The van der Waals surface area contributed by atoms with Gasteiger partial charge in [-0.1, -0.05) is 172 Å². The van der Waals surface area contributed by atoms with E-state index in [1.165, 1.54) is 83.6 Å². The molecule has 0 saturated carbocycles. The van der Waals surface area contributed by atoms with E-state index in [2.05, 4.69) is 221 Å². The summed E-state index contributed by atoms with van der Waals surface area (Å²) >= 11 is 0. The molecular formula is C54H43N. The Labute approximate surface area is 325 Å². The summed E-state index contributed by atoms with van der Waals surface area (Å²) in [4.78, 5) is 2.52. The molecule has 0 radical (unpaired) electrons. The molecule has 0 aliphatic heterocycles. The highest BCUT2D eigenvalue weighted by atomic mass is 15.1. The number of anilines is 3. The molecular weight excluding hydrogens is 663 g/mol. The van der Waals surface area contributed by atoms with Crippen LogP contribution in [-0.4, -0.2) is 0 Å². The minimum atomic E-state index is -0.484. The highest BCUT2D eigenvalue weighted by molar-refractivity contribution is 5.98. The maximum absolute atomic E-state index is 2.52. The SMILES string of the molecule is Cc1ccccc1-c1ccc(N(c2ccc3c(c2)C(C)(C)c2ccccc2-3)c2cccc3c2-c2ccccc2C3(c2ccccc2)c2ccccc2)cc1C. The predicted molar refractivity (Wildman–Crippen MR) is 231 cm³/mol. The van der Waals surface area contributed by atoms with Crippen LogP contribution >= 0.6 is 0 Å². The molecule has 0 spiro atoms. The number of hydrogen-bond donors (Lipinski definition) is 0. The Morgan fingerprint density at radius 1 is 0.364 bits per heavy atom. The quantitative estimate of drug-likeness (QED) is 0.166. The Balaban J connectivity index is 1.26. The second kappa shape index (κ2) is 12.6. The van der Waals surface area contributed by atoms with E-state index in [1.807, 2.05) is 0 Å². The molecule has 0 amide bonds. The Morgan fingerprint density at radius 3 is 1.55 bits per heavy atom. The normalized spacial score (nSPS) is 14.1. The Morgan fingerprint density at radius 2 is 0.873 bits per heavy atom. The highest BCUT2D eigenvalue weighted by Gasteiger charge is 2.47. The van der Waals surface area contributed by atoms with Crippen LogP contribution in [0, 0.1) is 13.8 Å². The molecule has 0 bridgehead atoms. The molecule has 2 aliphatic rings. The van der Waals surface area contributed by atoms with Crippen molar-refractivity contribution in [3.05, 3.63) is 233 Å². The van der Waals surface area contributed by atoms with Crippen molar-refractivity contribution in [1.82, 2.24) is 0 Å². The van der Waals surface area contributed by atoms with E-state index >= 15 is 0 Å². The maximum atomic E-state index is 2.52. The van der Waals surface area contributed by atoms with Crippen LogP contribution < -0.4 is 4.90 Å². The minimum Gasteiger partial charge on any atom is -0.310 e. The lowest BCUT2D eigenvalue weighted by Gasteiger charge is -2.34. The van der Waals surface area contributed by atoms with Gasteiger partial charge in [-0.25, -0.2) is 0 Å². The van der Waals surface area contributed by atoms with Gasteiger partial charge in [0.15, 0.2) is 0 Å². The van der Waals surface area contributed by atoms with Gasteiger partial charge in [0.25, 0.3) is 0 Å². The van der Waals surface area contributed by atoms with Crippen molar-refractivity contribution in [2.24, 2.45) is 0 Å². The first-order chi connectivity index (χ1) is 26.9. The summed E-state index contributed by atoms with van der Waals surface area (Å²) in [6, 6.07) is 70.0. The second-order valence-electron chi connectivity index (χ2n) is 15.8. The molecule has 2 aliphatic carbocycles. The Kier molecular flexibility index (Phi) is 7.58. The van der Waals surface area contributed by atoms with Gasteiger partial charge in [-0.2, -0.15) is 0 Å². The van der Waals surface area contributed by atoms with Crippen LogP contribution in [0.1, 0.15) is 58.4 Å². The summed E-state index contributed by atoms with van der Waals surface area (Å²) in [5.41, 5.74) is 21.1. The highest BCUT2D eigenvalue weighted by Crippen LogP contribution is 2.60. The van der Waals surface area contributed by atoms with Gasteiger partial charge in [0.05, 0.1) is 11.1 Å². The second-order valence-corrected chi connectivity index (χ2v) is 15.8. The van der Waals surface area contributed by atoms with E-state index in [-0.39, 0.29) is 5.41 Å². The van der Waals surface area contributed by atoms with Crippen LogP contribution in [0.2, 0.25) is 0 Å². The van der Waals surface area contributed by atoms with Crippen molar-refractivity contribution in [2.45, 2.75) is 38.5 Å². The smallest absolute Gasteiger partial charge is 0.0714 e. The van der Waals surface area contributed by atoms with Gasteiger partial charge >= 0.3 is 0 Å². The summed E-state index contributed by atoms with van der Waals surface area (Å²) in [6.45, 7) is 9.21. The van der Waals surface area contributed by atoms with E-state index in [0.717, 1.165) is 11.4 Å². The molecule has 0 unspecified atom stereocenters. The topological polar surface area (TPSA) is 3.24 Å². The fourth-order valence-electron chi connectivity index (χ4n) is 9.88. The molecule has 1 heteroatoms. The molecule has 8 aromatic rings. The first-order valence-electron chi connectivity index (χ1n) is 19.4. The lowest BCUT2D eigenvalue weighted by Crippen LogP contribution is -2.28. The molecule has 10 rings (SSSR count). The average Bonchev–Trinajstić information content (AvgIpc) is 3.65. The molecule has 0 aromatic heterocycles. The summed E-state index contributed by atoms with van der Waals surface area (Å²) in [7, 11) is 0. The van der Waals surface area contributed by atoms with Gasteiger partial charge in [-0.15, -0.1) is 0 Å². The lowest BCUT2D eigenvalue weighted by molar-refractivity contribution is 0.660. The number of rotatable bonds is 6. The molecule has 1 nitrogen and oxygen atoms in total. The fraction of sp³-hybridized carbons (Fsp3) is 0.111. The number of hydrogen-bond acceptors (Lipinski definition) is 1. The third kappa shape index (κ3) is 4.86. The van der Waals surface area contributed by atoms with E-state index in [0.29, 0.717) is 0 Å². The molecule has 8 aromatic carbocycles. The zero-order chi connectivity index (χ0) is 37.3. The Bertz CT molecular complexity index is 2720. The van der Waals surface area contributed by atoms with Gasteiger partial charge < -0.3 is 4.90 Å². The lowest BCUT2D eigenvalue weighted by atomic mass is 9.68. The molecule has 0 atom stereocenters. The number of benzene rings is 8. The molecule has 264 valence electrons. The van der Waals surface area contributed by atoms with Gasteiger partial charge in [0, 0.05) is 22.4 Å². The number of aryl methyl sites for hydroxylation is 2. The van der Waals surface area contributed by atoms with Crippen molar-refractivity contribution in [3.63, 3.8) is 0 Å². The van der Waals surface area contributed by atoms with Crippen LogP contribution in [0.25, 0.3) is 33.4 Å². The number of fused-ring (bicyclic) bond motifs is 6. The standard InChI is InChI=1S/C54H43N/c1-36-18-11-12-23-42(36)43-32-30-40(34-37(43)2)55(41-31-33-45-44-24-13-15-26-47(44)53(3,4)50(45)35-41)51-29-17-28-49-52(51)46-25-14-16-27-48(46)54(49,38-19-7-5-8-20-38)39-21-9-6-10-22-39/h5-35H,1-4H3. The van der Waals surface area contributed by atoms with Crippen LogP contribution in [0.3, 0.4) is 0 Å². The fourth-order valence-corrected chi connectivity index (χ4v) is 9.88. The first kappa shape index (κ1) is 33.2. The van der Waals surface area contributed by atoms with Crippen molar-refractivity contribution < 1.29 is 0 Å². The first-order valence-corrected chi connectivity index (χ1v) is 19.4. The maximum Gasteiger partial charge on any atom is 0.0714 e. The largest absolute Gasteiger partial charge is 0.310 e. The molecule has 0 heterocycles. The third-order valence-electron chi connectivity index (χ3n) is 12.4. The summed E-state index contributed by atoms with van der Waals surface area (Å²) in [5.74, 6) is 0. The monoisotopic (exact) mass is 705 g/mol. The van der Waals surface area contributed by atoms with Crippen molar-refractivity contribution in [3.8, 4) is 33.4 Å². The van der Waals surface area contributed by atoms with Gasteiger partial charge in [0.1, 0.15) is 0 Å². The van der Waals surface area contributed by atoms with Crippen molar-refractivity contribution in [2.75, 3.05) is 4.90 Å². The minimum absolute atomic E-state index is 0.126. The van der Waals surface area contributed by atoms with E-state index in [4.69, 9.17) is 0 Å². The van der Waals surface area contributed by atoms with Crippen LogP contribution in [0.4, 0.5) is 17.1 Å². The molecule has 0 N–H and O–H groups in total. The number of nitrogens with zero attached hydrogens (tertiary/aromatic N) is 1. The van der Waals surface area contributed by atoms with Gasteiger partial charge in [-0.05, 0) is 117 Å². The van der Waals surface area contributed by atoms with Crippen LogP contribution in [0.15, 0.2) is 188 Å². The predicted octanol–water partition coefficient (Wildman–Crippen LogP) is 14.1. The van der Waals surface area contributed by atoms with E-state index in [9.17, 15) is 0 Å². The van der Waals surface area contributed by atoms with Crippen LogP contribution in [0.5, 0.6) is 0 Å². The van der Waals surface area contributed by atoms with Crippen LogP contribution in [-0.2, 0) is 10.8 Å². The summed E-state index contributed by atoms with van der Waals surface area (Å²) < 4.78 is 0. The van der Waals surface area contributed by atoms with Gasteiger partial charge in [-0.3, -0.25) is 0 Å². The Hall–Kier alpha value is -6.44. The van der Waals surface area contributed by atoms with E-state index in [1.54, 1.807) is 0 Å². The van der Waals surface area contributed by atoms with E-state index < -0.39 is 5.41 Å². The summed E-state index contributed by atoms with van der Waals surface area (Å²) in [5, 5.41) is 0. The third-order valence-corrected chi connectivity index (χ3v) is 12.4. The van der Waals surface area contributed by atoms with Gasteiger partial charge in [0.2, 0.25) is 0 Å². The van der Waals surface area contributed by atoms with Crippen molar-refractivity contribution >= 4 is 17.1 Å². The summed E-state index contributed by atoms with van der Waals surface area (Å²) in [6.07, 6.45) is 0. The zero-order valence-electron chi connectivity index (χ0n) is 31.8. The molecule has 55 heavy (non-hydrogen) atoms. The zero-order valence-corrected chi connectivity index (χ0v) is 31.8. The molecule has 0 fully saturated rings.